The molecule has 0 aliphatic heterocycles. The van der Waals surface area contributed by atoms with Gasteiger partial charge in [0.05, 0.1) is 0 Å². The maximum absolute atomic E-state index is 6.39. The predicted molar refractivity (Wildman–Crippen MR) is 210 cm³/mol. The molecule has 1 heterocycles. The van der Waals surface area contributed by atoms with Crippen LogP contribution in [0.5, 0.6) is 0 Å². The van der Waals surface area contributed by atoms with Crippen molar-refractivity contribution in [2.45, 2.75) is 12.3 Å². The summed E-state index contributed by atoms with van der Waals surface area (Å²) in [6.07, 6.45) is 7.92. The van der Waals surface area contributed by atoms with Crippen molar-refractivity contribution in [2.75, 3.05) is 4.90 Å². The van der Waals surface area contributed by atoms with Gasteiger partial charge in [-0.05, 0) is 93.9 Å². The van der Waals surface area contributed by atoms with E-state index in [1.807, 2.05) is 6.07 Å². The van der Waals surface area contributed by atoms with E-state index in [0.717, 1.165) is 45.4 Å². The fourth-order valence-electron chi connectivity index (χ4n) is 7.28. The van der Waals surface area contributed by atoms with Crippen LogP contribution in [0.15, 0.2) is 204 Å². The smallest absolute Gasteiger partial charge is 0.135 e. The van der Waals surface area contributed by atoms with Gasteiger partial charge in [0.1, 0.15) is 11.2 Å². The molecule has 0 fully saturated rings. The largest absolute Gasteiger partial charge is 0.456 e. The van der Waals surface area contributed by atoms with E-state index in [4.69, 9.17) is 4.42 Å². The van der Waals surface area contributed by atoms with E-state index in [-0.39, 0.29) is 5.92 Å². The summed E-state index contributed by atoms with van der Waals surface area (Å²) < 4.78 is 6.39. The zero-order valence-electron chi connectivity index (χ0n) is 27.6. The van der Waals surface area contributed by atoms with Crippen molar-refractivity contribution < 1.29 is 4.42 Å². The minimum Gasteiger partial charge on any atom is -0.456 e. The standard InChI is InChI=1S/C48H35NO/c1-4-12-34(13-5-1)36-20-26-40(27-21-36)49(41-28-22-37(23-29-41)35-14-6-2-7-15-35)42-30-24-39(25-31-42)45-33-48-46(43-18-10-11-19-47(43)50-48)32-44(45)38-16-8-3-9-17-38/h1-24,26-33,39H,25H2. The number of furan rings is 1. The molecule has 238 valence electrons. The predicted octanol–water partition coefficient (Wildman–Crippen LogP) is 13.4. The third-order valence-corrected chi connectivity index (χ3v) is 9.84. The molecule has 0 bridgehead atoms. The van der Waals surface area contributed by atoms with E-state index in [1.165, 1.54) is 38.9 Å². The second kappa shape index (κ2) is 12.9. The van der Waals surface area contributed by atoms with Gasteiger partial charge in [-0.1, -0.05) is 146 Å². The van der Waals surface area contributed by atoms with E-state index < -0.39 is 0 Å². The van der Waals surface area contributed by atoms with Crippen LogP contribution < -0.4 is 4.90 Å². The van der Waals surface area contributed by atoms with Gasteiger partial charge < -0.3 is 9.32 Å². The molecule has 50 heavy (non-hydrogen) atoms. The minimum absolute atomic E-state index is 0.203. The molecule has 0 saturated carbocycles. The van der Waals surface area contributed by atoms with Crippen LogP contribution in [0.2, 0.25) is 0 Å². The Morgan fingerprint density at radius 1 is 0.460 bits per heavy atom. The van der Waals surface area contributed by atoms with Crippen LogP contribution in [-0.4, -0.2) is 0 Å². The van der Waals surface area contributed by atoms with E-state index in [0.29, 0.717) is 0 Å². The van der Waals surface area contributed by atoms with Gasteiger partial charge in [0.15, 0.2) is 0 Å². The second-order valence-electron chi connectivity index (χ2n) is 12.9. The number of rotatable bonds is 7. The van der Waals surface area contributed by atoms with Gasteiger partial charge in [-0.15, -0.1) is 0 Å². The molecular weight excluding hydrogens is 607 g/mol. The fourth-order valence-corrected chi connectivity index (χ4v) is 7.28. The van der Waals surface area contributed by atoms with Crippen molar-refractivity contribution in [2.24, 2.45) is 0 Å². The monoisotopic (exact) mass is 641 g/mol. The van der Waals surface area contributed by atoms with E-state index in [9.17, 15) is 0 Å². The normalized spacial score (nSPS) is 14.2. The number of hydrogen-bond acceptors (Lipinski definition) is 2. The molecule has 0 amide bonds. The molecule has 1 aliphatic rings. The summed E-state index contributed by atoms with van der Waals surface area (Å²) in [4.78, 5) is 2.37. The Morgan fingerprint density at radius 2 is 0.980 bits per heavy atom. The first kappa shape index (κ1) is 29.7. The SMILES string of the molecule is C1=CC(c2cc3oc4ccccc4c3cc2-c2ccccc2)CC=C1N(c1ccc(-c2ccccc2)cc1)c1ccc(-c2ccccc2)cc1. The summed E-state index contributed by atoms with van der Waals surface area (Å²) in [6, 6.07) is 62.6. The Labute approximate surface area is 292 Å². The summed E-state index contributed by atoms with van der Waals surface area (Å²) in [5.74, 6) is 0.203. The lowest BCUT2D eigenvalue weighted by molar-refractivity contribution is 0.667. The van der Waals surface area contributed by atoms with Crippen LogP contribution in [0, 0.1) is 0 Å². The van der Waals surface area contributed by atoms with Gasteiger partial charge in [0.25, 0.3) is 0 Å². The Balaban J connectivity index is 1.10. The van der Waals surface area contributed by atoms with Gasteiger partial charge in [0, 0.05) is 33.8 Å². The van der Waals surface area contributed by atoms with Crippen molar-refractivity contribution in [3.8, 4) is 33.4 Å². The summed E-state index contributed by atoms with van der Waals surface area (Å²) in [5.41, 5.74) is 13.9. The summed E-state index contributed by atoms with van der Waals surface area (Å²) in [6.45, 7) is 0. The first-order valence-electron chi connectivity index (χ1n) is 17.3. The highest BCUT2D eigenvalue weighted by molar-refractivity contribution is 6.07. The molecule has 2 heteroatoms. The molecule has 1 aromatic heterocycles. The highest BCUT2D eigenvalue weighted by Crippen LogP contribution is 2.42. The second-order valence-corrected chi connectivity index (χ2v) is 12.9. The number of fused-ring (bicyclic) bond motifs is 3. The minimum atomic E-state index is 0.203. The first-order valence-corrected chi connectivity index (χ1v) is 17.3. The van der Waals surface area contributed by atoms with Crippen LogP contribution in [0.3, 0.4) is 0 Å². The van der Waals surface area contributed by atoms with Gasteiger partial charge in [-0.2, -0.15) is 0 Å². The fraction of sp³-hybridized carbons (Fsp3) is 0.0417. The number of benzene rings is 7. The van der Waals surface area contributed by atoms with Gasteiger partial charge in [-0.25, -0.2) is 0 Å². The van der Waals surface area contributed by atoms with Crippen LogP contribution in [0.1, 0.15) is 17.9 Å². The Kier molecular flexibility index (Phi) is 7.68. The highest BCUT2D eigenvalue weighted by Gasteiger charge is 2.22. The lowest BCUT2D eigenvalue weighted by Crippen LogP contribution is -2.17. The number of nitrogens with zero attached hydrogens (tertiary/aromatic N) is 1. The number of para-hydroxylation sites is 1. The topological polar surface area (TPSA) is 16.4 Å². The summed E-state index contributed by atoms with van der Waals surface area (Å²) in [5, 5.41) is 2.31. The van der Waals surface area contributed by atoms with Crippen LogP contribution in [-0.2, 0) is 0 Å². The average molecular weight is 642 g/mol. The molecule has 1 unspecified atom stereocenters. The molecule has 1 aliphatic carbocycles. The van der Waals surface area contributed by atoms with Gasteiger partial charge in [0.2, 0.25) is 0 Å². The average Bonchev–Trinajstić information content (AvgIpc) is 3.57. The Bertz CT molecular complexity index is 2390. The van der Waals surface area contributed by atoms with Crippen molar-refractivity contribution >= 4 is 33.3 Å². The summed E-state index contributed by atoms with van der Waals surface area (Å²) in [7, 11) is 0. The van der Waals surface area contributed by atoms with Crippen molar-refractivity contribution in [3.63, 3.8) is 0 Å². The third-order valence-electron chi connectivity index (χ3n) is 9.84. The Morgan fingerprint density at radius 3 is 1.54 bits per heavy atom. The van der Waals surface area contributed by atoms with E-state index in [1.54, 1.807) is 0 Å². The Hall–Kier alpha value is -6.38. The molecule has 2 nitrogen and oxygen atoms in total. The number of hydrogen-bond donors (Lipinski definition) is 0. The highest BCUT2D eigenvalue weighted by atomic mass is 16.3. The zero-order valence-corrected chi connectivity index (χ0v) is 27.6. The van der Waals surface area contributed by atoms with Crippen LogP contribution >= 0.6 is 0 Å². The van der Waals surface area contributed by atoms with E-state index >= 15 is 0 Å². The lowest BCUT2D eigenvalue weighted by Gasteiger charge is -2.30. The van der Waals surface area contributed by atoms with Crippen molar-refractivity contribution in [3.05, 3.63) is 205 Å². The quantitative estimate of drug-likeness (QED) is 0.172. The zero-order chi connectivity index (χ0) is 33.3. The number of anilines is 2. The maximum atomic E-state index is 6.39. The molecule has 1 atom stereocenters. The summed E-state index contributed by atoms with van der Waals surface area (Å²) >= 11 is 0. The van der Waals surface area contributed by atoms with Crippen molar-refractivity contribution in [1.29, 1.82) is 0 Å². The maximum Gasteiger partial charge on any atom is 0.135 e. The molecule has 0 spiro atoms. The molecule has 8 aromatic rings. The lowest BCUT2D eigenvalue weighted by atomic mass is 9.85. The first-order chi connectivity index (χ1) is 24.8. The van der Waals surface area contributed by atoms with Gasteiger partial charge in [-0.3, -0.25) is 0 Å². The molecule has 0 N–H and O–H groups in total. The third kappa shape index (κ3) is 5.61. The van der Waals surface area contributed by atoms with Crippen LogP contribution in [0.25, 0.3) is 55.3 Å². The molecule has 0 saturated heterocycles. The molecular formula is C48H35NO. The molecule has 7 aromatic carbocycles. The molecule has 0 radical (unpaired) electrons. The van der Waals surface area contributed by atoms with Crippen LogP contribution in [0.4, 0.5) is 11.4 Å². The van der Waals surface area contributed by atoms with Gasteiger partial charge >= 0.3 is 0 Å². The number of allylic oxidation sites excluding steroid dienone is 3. The van der Waals surface area contributed by atoms with E-state index in [2.05, 4.69) is 193 Å². The van der Waals surface area contributed by atoms with Crippen molar-refractivity contribution in [1.82, 2.24) is 0 Å². The molecule has 9 rings (SSSR count).